The van der Waals surface area contributed by atoms with E-state index in [9.17, 15) is 9.59 Å². The van der Waals surface area contributed by atoms with Crippen LogP contribution in [0.5, 0.6) is 5.75 Å². The van der Waals surface area contributed by atoms with Crippen molar-refractivity contribution in [3.8, 4) is 5.75 Å². The average Bonchev–Trinajstić information content (AvgIpc) is 3.08. The number of fused-ring (bicyclic) bond motifs is 4. The Bertz CT molecular complexity index is 1000. The number of ether oxygens (including phenoxy) is 1. The van der Waals surface area contributed by atoms with Gasteiger partial charge in [0.15, 0.2) is 5.78 Å². The summed E-state index contributed by atoms with van der Waals surface area (Å²) in [6, 6.07) is 1.92. The number of aryl methyl sites for hydroxylation is 2. The number of hydrogen-bond donors (Lipinski definition) is 0. The van der Waals surface area contributed by atoms with Gasteiger partial charge in [0, 0.05) is 16.5 Å². The normalized spacial score (nSPS) is 27.5. The first-order valence-electron chi connectivity index (χ1n) is 9.82. The van der Waals surface area contributed by atoms with Crippen LogP contribution < -0.4 is 10.4 Å². The summed E-state index contributed by atoms with van der Waals surface area (Å²) < 4.78 is 12.2. The summed E-state index contributed by atoms with van der Waals surface area (Å²) >= 11 is 0. The third-order valence-corrected chi connectivity index (χ3v) is 6.59. The highest BCUT2D eigenvalue weighted by atomic mass is 16.5. The predicted octanol–water partition coefficient (Wildman–Crippen LogP) is 4.50. The zero-order valence-corrected chi connectivity index (χ0v) is 15.4. The van der Waals surface area contributed by atoms with E-state index >= 15 is 0 Å². The molecule has 0 radical (unpaired) electrons. The summed E-state index contributed by atoms with van der Waals surface area (Å²) in [7, 11) is 0. The molecule has 0 amide bonds. The highest BCUT2D eigenvalue weighted by molar-refractivity contribution is 6.05. The number of rotatable bonds is 0. The van der Waals surface area contributed by atoms with E-state index in [0.717, 1.165) is 60.6 Å². The molecule has 2 aromatic rings. The average molecular weight is 352 g/mol. The molecule has 0 unspecified atom stereocenters. The fraction of sp³-hybridized carbons (Fsp3) is 0.545. The van der Waals surface area contributed by atoms with Crippen LogP contribution in [-0.2, 0) is 12.8 Å². The lowest BCUT2D eigenvalue weighted by Crippen LogP contribution is -2.45. The Balaban J connectivity index is 1.72. The summed E-state index contributed by atoms with van der Waals surface area (Å²) in [6.07, 6.45) is 7.23. The van der Waals surface area contributed by atoms with Crippen LogP contribution in [0.4, 0.5) is 0 Å². The molecule has 26 heavy (non-hydrogen) atoms. The molecule has 2 aliphatic carbocycles. The molecule has 5 rings (SSSR count). The lowest BCUT2D eigenvalue weighted by Gasteiger charge is -2.43. The van der Waals surface area contributed by atoms with Crippen molar-refractivity contribution < 1.29 is 13.9 Å². The van der Waals surface area contributed by atoms with Gasteiger partial charge >= 0.3 is 5.63 Å². The van der Waals surface area contributed by atoms with Crippen LogP contribution in [0.15, 0.2) is 15.3 Å². The van der Waals surface area contributed by atoms with Gasteiger partial charge in [-0.15, -0.1) is 0 Å². The minimum absolute atomic E-state index is 0.170. The first-order chi connectivity index (χ1) is 12.5. The van der Waals surface area contributed by atoms with Gasteiger partial charge < -0.3 is 9.15 Å². The maximum absolute atomic E-state index is 13.1. The predicted molar refractivity (Wildman–Crippen MR) is 99.2 cm³/mol. The summed E-state index contributed by atoms with van der Waals surface area (Å²) in [5.74, 6) is 1.38. The van der Waals surface area contributed by atoms with E-state index in [0.29, 0.717) is 29.2 Å². The van der Waals surface area contributed by atoms with Gasteiger partial charge in [-0.3, -0.25) is 4.79 Å². The van der Waals surface area contributed by atoms with E-state index in [1.165, 1.54) is 6.42 Å². The van der Waals surface area contributed by atoms with Crippen LogP contribution in [0.2, 0.25) is 0 Å². The molecule has 2 heterocycles. The molecule has 4 heteroatoms. The molecule has 3 aliphatic rings. The van der Waals surface area contributed by atoms with Gasteiger partial charge in [-0.1, -0.05) is 13.3 Å². The Labute approximate surface area is 152 Å². The van der Waals surface area contributed by atoms with E-state index in [4.69, 9.17) is 9.15 Å². The van der Waals surface area contributed by atoms with Crippen LogP contribution in [0.3, 0.4) is 0 Å². The third-order valence-electron chi connectivity index (χ3n) is 6.59. The number of Topliss-reactive ketones (excluding diaryl/α,β-unsaturated/α-hetero) is 1. The lowest BCUT2D eigenvalue weighted by atomic mass is 9.74. The van der Waals surface area contributed by atoms with Crippen molar-refractivity contribution in [2.24, 2.45) is 5.92 Å². The van der Waals surface area contributed by atoms with E-state index in [1.54, 1.807) is 0 Å². The molecule has 0 bridgehead atoms. The van der Waals surface area contributed by atoms with Gasteiger partial charge in [0.2, 0.25) is 0 Å². The Morgan fingerprint density at radius 3 is 2.77 bits per heavy atom. The van der Waals surface area contributed by atoms with Gasteiger partial charge in [-0.05, 0) is 63.0 Å². The zero-order valence-electron chi connectivity index (χ0n) is 15.4. The SMILES string of the molecule is Cc1c2c(cc3c4c(c(=O)oc13)CCC4)C(=O)C[C@@]1(CCC[C@@H](C)C1)O2. The minimum atomic E-state index is -0.378. The highest BCUT2D eigenvalue weighted by Gasteiger charge is 2.44. The van der Waals surface area contributed by atoms with Crippen molar-refractivity contribution in [3.05, 3.63) is 38.7 Å². The highest BCUT2D eigenvalue weighted by Crippen LogP contribution is 2.46. The van der Waals surface area contributed by atoms with E-state index < -0.39 is 0 Å². The van der Waals surface area contributed by atoms with Gasteiger partial charge in [-0.25, -0.2) is 4.79 Å². The molecular weight excluding hydrogens is 328 g/mol. The summed E-state index contributed by atoms with van der Waals surface area (Å²) in [5, 5.41) is 0.929. The molecule has 1 spiro atoms. The second-order valence-electron chi connectivity index (χ2n) is 8.54. The Morgan fingerprint density at radius 2 is 1.96 bits per heavy atom. The smallest absolute Gasteiger partial charge is 0.339 e. The molecule has 4 nitrogen and oxygen atoms in total. The second-order valence-corrected chi connectivity index (χ2v) is 8.54. The second kappa shape index (κ2) is 5.45. The maximum Gasteiger partial charge on any atom is 0.339 e. The zero-order chi connectivity index (χ0) is 18.1. The van der Waals surface area contributed by atoms with Crippen LogP contribution in [0, 0.1) is 12.8 Å². The topological polar surface area (TPSA) is 56.5 Å². The van der Waals surface area contributed by atoms with Crippen molar-refractivity contribution in [2.75, 3.05) is 0 Å². The third kappa shape index (κ3) is 2.20. The fourth-order valence-electron chi connectivity index (χ4n) is 5.40. The Morgan fingerprint density at radius 1 is 1.15 bits per heavy atom. The first kappa shape index (κ1) is 16.1. The Kier molecular flexibility index (Phi) is 3.37. The first-order valence-corrected chi connectivity index (χ1v) is 9.82. The number of hydrogen-bond acceptors (Lipinski definition) is 4. The van der Waals surface area contributed by atoms with Crippen molar-refractivity contribution in [1.29, 1.82) is 0 Å². The van der Waals surface area contributed by atoms with Crippen molar-refractivity contribution >= 4 is 16.8 Å². The minimum Gasteiger partial charge on any atom is -0.486 e. The van der Waals surface area contributed by atoms with Crippen LogP contribution >= 0.6 is 0 Å². The van der Waals surface area contributed by atoms with E-state index in [-0.39, 0.29) is 17.0 Å². The van der Waals surface area contributed by atoms with Crippen molar-refractivity contribution in [3.63, 3.8) is 0 Å². The van der Waals surface area contributed by atoms with Gasteiger partial charge in [0.1, 0.15) is 16.9 Å². The van der Waals surface area contributed by atoms with Gasteiger partial charge in [-0.2, -0.15) is 0 Å². The molecule has 1 aromatic carbocycles. The van der Waals surface area contributed by atoms with Crippen LogP contribution in [0.25, 0.3) is 11.0 Å². The molecule has 0 saturated heterocycles. The molecular formula is C22H24O4. The maximum atomic E-state index is 13.1. The molecule has 1 fully saturated rings. The number of carbonyl (C=O) groups is 1. The largest absolute Gasteiger partial charge is 0.486 e. The van der Waals surface area contributed by atoms with Crippen LogP contribution in [-0.4, -0.2) is 11.4 Å². The molecule has 1 aliphatic heterocycles. The van der Waals surface area contributed by atoms with E-state index in [1.807, 2.05) is 13.0 Å². The fourth-order valence-corrected chi connectivity index (χ4v) is 5.40. The number of carbonyl (C=O) groups excluding carboxylic acids is 1. The quantitative estimate of drug-likeness (QED) is 0.655. The summed E-state index contributed by atoms with van der Waals surface area (Å²) in [5.41, 5.74) is 3.33. The number of benzene rings is 1. The summed E-state index contributed by atoms with van der Waals surface area (Å²) in [4.78, 5) is 25.4. The summed E-state index contributed by atoms with van der Waals surface area (Å²) in [6.45, 7) is 4.16. The molecule has 2 atom stereocenters. The van der Waals surface area contributed by atoms with Crippen LogP contribution in [0.1, 0.15) is 72.5 Å². The monoisotopic (exact) mass is 352 g/mol. The molecule has 1 saturated carbocycles. The van der Waals surface area contributed by atoms with E-state index in [2.05, 4.69) is 6.92 Å². The number of ketones is 1. The van der Waals surface area contributed by atoms with Gasteiger partial charge in [0.25, 0.3) is 0 Å². The standard InChI is InChI=1S/C22H24O4/c1-12-5-4-8-22(10-12)11-18(23)17-9-16-14-6-3-7-15(14)21(24)25-19(16)13(2)20(17)26-22/h9,12H,3-8,10-11H2,1-2H3/t12-,22+/m1/s1. The lowest BCUT2D eigenvalue weighted by molar-refractivity contribution is -0.00127. The Hall–Kier alpha value is -2.10. The molecule has 1 aromatic heterocycles. The van der Waals surface area contributed by atoms with Crippen molar-refractivity contribution in [2.45, 2.75) is 70.8 Å². The molecule has 136 valence electrons. The van der Waals surface area contributed by atoms with Gasteiger partial charge in [0.05, 0.1) is 12.0 Å². The molecule has 0 N–H and O–H groups in total. The van der Waals surface area contributed by atoms with Crippen molar-refractivity contribution in [1.82, 2.24) is 0 Å².